The van der Waals surface area contributed by atoms with E-state index in [2.05, 4.69) is 10.1 Å². The molecule has 3 rings (SSSR count). The van der Waals surface area contributed by atoms with Crippen LogP contribution in [0.4, 0.5) is 0 Å². The second-order valence-corrected chi connectivity index (χ2v) is 5.23. The molecule has 1 aromatic heterocycles. The van der Waals surface area contributed by atoms with Crippen molar-refractivity contribution < 1.29 is 23.9 Å². The third-order valence-corrected chi connectivity index (χ3v) is 3.59. The van der Waals surface area contributed by atoms with Gasteiger partial charge < -0.3 is 19.1 Å². The molecule has 0 bridgehead atoms. The number of carboxylic acid groups (broad SMARTS) is 1. The third kappa shape index (κ3) is 3.11. The zero-order chi connectivity index (χ0) is 16.4. The van der Waals surface area contributed by atoms with Gasteiger partial charge in [0.25, 0.3) is 0 Å². The molecule has 2 aromatic rings. The van der Waals surface area contributed by atoms with E-state index in [1.165, 1.54) is 0 Å². The van der Waals surface area contributed by atoms with Gasteiger partial charge >= 0.3 is 5.97 Å². The molecule has 1 N–H and O–H groups in total. The Kier molecular flexibility index (Phi) is 4.16. The van der Waals surface area contributed by atoms with Crippen LogP contribution < -0.4 is 9.47 Å². The van der Waals surface area contributed by atoms with Gasteiger partial charge in [-0.1, -0.05) is 18.1 Å². The number of aliphatic carboxylic acids is 1. The van der Waals surface area contributed by atoms with Gasteiger partial charge in [0.2, 0.25) is 12.7 Å². The molecule has 1 atom stereocenters. The second kappa shape index (κ2) is 6.25. The predicted octanol–water partition coefficient (Wildman–Crippen LogP) is 1.62. The molecule has 0 unspecified atom stereocenters. The molecule has 8 nitrogen and oxygen atoms in total. The van der Waals surface area contributed by atoms with Crippen molar-refractivity contribution in [2.24, 2.45) is 0 Å². The normalized spacial score (nSPS) is 14.2. The SMILES string of the molecule is CCc1nc(CN(C)[C@@H](C(=O)O)c2ccc3c(c2)OCO3)no1. The lowest BCUT2D eigenvalue weighted by molar-refractivity contribution is -0.143. The van der Waals surface area contributed by atoms with Gasteiger partial charge in [-0.25, -0.2) is 0 Å². The van der Waals surface area contributed by atoms with Gasteiger partial charge in [0.15, 0.2) is 17.3 Å². The minimum Gasteiger partial charge on any atom is -0.480 e. The summed E-state index contributed by atoms with van der Waals surface area (Å²) >= 11 is 0. The molecule has 1 aliphatic rings. The molecule has 122 valence electrons. The highest BCUT2D eigenvalue weighted by atomic mass is 16.7. The first-order valence-electron chi connectivity index (χ1n) is 7.22. The van der Waals surface area contributed by atoms with Crippen molar-refractivity contribution in [1.82, 2.24) is 15.0 Å². The Labute approximate surface area is 132 Å². The molecular formula is C15H17N3O5. The van der Waals surface area contributed by atoms with E-state index in [0.29, 0.717) is 35.2 Å². The molecule has 0 amide bonds. The molecule has 23 heavy (non-hydrogen) atoms. The number of aromatic nitrogens is 2. The van der Waals surface area contributed by atoms with Crippen LogP contribution in [-0.2, 0) is 17.8 Å². The van der Waals surface area contributed by atoms with Crippen LogP contribution in [0, 0.1) is 0 Å². The fraction of sp³-hybridized carbons (Fsp3) is 0.400. The van der Waals surface area contributed by atoms with Crippen LogP contribution in [0.5, 0.6) is 11.5 Å². The smallest absolute Gasteiger partial charge is 0.325 e. The third-order valence-electron chi connectivity index (χ3n) is 3.59. The number of nitrogens with zero attached hydrogens (tertiary/aromatic N) is 3. The quantitative estimate of drug-likeness (QED) is 0.857. The molecule has 0 aliphatic carbocycles. The Morgan fingerprint density at radius 3 is 2.87 bits per heavy atom. The van der Waals surface area contributed by atoms with E-state index in [-0.39, 0.29) is 13.3 Å². The maximum Gasteiger partial charge on any atom is 0.325 e. The summed E-state index contributed by atoms with van der Waals surface area (Å²) in [7, 11) is 1.70. The molecule has 0 spiro atoms. The first-order valence-corrected chi connectivity index (χ1v) is 7.22. The number of hydrogen-bond donors (Lipinski definition) is 1. The Balaban J connectivity index is 1.81. The summed E-state index contributed by atoms with van der Waals surface area (Å²) in [5, 5.41) is 13.5. The molecule has 8 heteroatoms. The monoisotopic (exact) mass is 319 g/mol. The van der Waals surface area contributed by atoms with E-state index >= 15 is 0 Å². The van der Waals surface area contributed by atoms with Crippen LogP contribution in [0.15, 0.2) is 22.7 Å². The van der Waals surface area contributed by atoms with Crippen LogP contribution in [-0.4, -0.2) is 40.0 Å². The van der Waals surface area contributed by atoms with Crippen molar-refractivity contribution in [1.29, 1.82) is 0 Å². The number of ether oxygens (including phenoxy) is 2. The fourth-order valence-corrected chi connectivity index (χ4v) is 2.48. The fourth-order valence-electron chi connectivity index (χ4n) is 2.48. The summed E-state index contributed by atoms with van der Waals surface area (Å²) in [6.07, 6.45) is 0.640. The molecule has 1 aromatic carbocycles. The number of carboxylic acids is 1. The lowest BCUT2D eigenvalue weighted by atomic mass is 10.0. The molecular weight excluding hydrogens is 302 g/mol. The van der Waals surface area contributed by atoms with E-state index in [4.69, 9.17) is 14.0 Å². The van der Waals surface area contributed by atoms with Crippen molar-refractivity contribution in [3.05, 3.63) is 35.5 Å². The second-order valence-electron chi connectivity index (χ2n) is 5.23. The van der Waals surface area contributed by atoms with Gasteiger partial charge in [0, 0.05) is 6.42 Å². The minimum atomic E-state index is -0.967. The zero-order valence-corrected chi connectivity index (χ0v) is 12.9. The van der Waals surface area contributed by atoms with Crippen molar-refractivity contribution in [2.45, 2.75) is 25.9 Å². The standard InChI is InChI=1S/C15H17N3O5/c1-3-13-16-12(17-23-13)7-18(2)14(15(19)20)9-4-5-10-11(6-9)22-8-21-10/h4-6,14H,3,7-8H2,1-2H3,(H,19,20)/t14-/m1/s1. The number of hydrogen-bond acceptors (Lipinski definition) is 7. The lowest BCUT2D eigenvalue weighted by Gasteiger charge is -2.23. The molecule has 1 aliphatic heterocycles. The molecule has 0 saturated carbocycles. The Morgan fingerprint density at radius 1 is 1.39 bits per heavy atom. The molecule has 0 fully saturated rings. The number of fused-ring (bicyclic) bond motifs is 1. The van der Waals surface area contributed by atoms with Gasteiger partial charge in [0.1, 0.15) is 6.04 Å². The average molecular weight is 319 g/mol. The van der Waals surface area contributed by atoms with E-state index in [1.54, 1.807) is 30.1 Å². The number of carbonyl (C=O) groups is 1. The predicted molar refractivity (Wildman–Crippen MR) is 78.1 cm³/mol. The molecule has 2 heterocycles. The van der Waals surface area contributed by atoms with Gasteiger partial charge in [-0.15, -0.1) is 0 Å². The van der Waals surface area contributed by atoms with Crippen molar-refractivity contribution in [2.75, 3.05) is 13.8 Å². The van der Waals surface area contributed by atoms with Gasteiger partial charge in [-0.3, -0.25) is 9.69 Å². The summed E-state index contributed by atoms with van der Waals surface area (Å²) < 4.78 is 15.6. The highest BCUT2D eigenvalue weighted by molar-refractivity contribution is 5.76. The van der Waals surface area contributed by atoms with Crippen molar-refractivity contribution >= 4 is 5.97 Å². The average Bonchev–Trinajstić information content (AvgIpc) is 3.15. The van der Waals surface area contributed by atoms with E-state index in [0.717, 1.165) is 0 Å². The minimum absolute atomic E-state index is 0.148. The first-order chi connectivity index (χ1) is 11.1. The Hall–Kier alpha value is -2.61. The van der Waals surface area contributed by atoms with E-state index in [9.17, 15) is 9.90 Å². The summed E-state index contributed by atoms with van der Waals surface area (Å²) in [6.45, 7) is 2.32. The summed E-state index contributed by atoms with van der Waals surface area (Å²) in [6, 6.07) is 4.26. The highest BCUT2D eigenvalue weighted by Crippen LogP contribution is 2.35. The summed E-state index contributed by atoms with van der Waals surface area (Å²) in [5.74, 6) is 1.19. The number of rotatable bonds is 6. The molecule has 0 saturated heterocycles. The van der Waals surface area contributed by atoms with Crippen LogP contribution in [0.25, 0.3) is 0 Å². The zero-order valence-electron chi connectivity index (χ0n) is 12.9. The Morgan fingerprint density at radius 2 is 2.17 bits per heavy atom. The maximum atomic E-state index is 11.7. The topological polar surface area (TPSA) is 97.9 Å². The highest BCUT2D eigenvalue weighted by Gasteiger charge is 2.28. The van der Waals surface area contributed by atoms with Crippen molar-refractivity contribution in [3.63, 3.8) is 0 Å². The van der Waals surface area contributed by atoms with Crippen LogP contribution in [0.3, 0.4) is 0 Å². The van der Waals surface area contributed by atoms with Gasteiger partial charge in [-0.05, 0) is 24.7 Å². The van der Waals surface area contributed by atoms with E-state index < -0.39 is 12.0 Å². The summed E-state index contributed by atoms with van der Waals surface area (Å²) in [4.78, 5) is 17.6. The van der Waals surface area contributed by atoms with Crippen LogP contribution in [0.2, 0.25) is 0 Å². The Bertz CT molecular complexity index is 715. The lowest BCUT2D eigenvalue weighted by Crippen LogP contribution is -2.30. The summed E-state index contributed by atoms with van der Waals surface area (Å²) in [5.41, 5.74) is 0.600. The van der Waals surface area contributed by atoms with Gasteiger partial charge in [0.05, 0.1) is 6.54 Å². The molecule has 0 radical (unpaired) electrons. The van der Waals surface area contributed by atoms with Crippen LogP contribution in [0.1, 0.15) is 30.2 Å². The van der Waals surface area contributed by atoms with Crippen molar-refractivity contribution in [3.8, 4) is 11.5 Å². The first kappa shape index (κ1) is 15.3. The number of benzene rings is 1. The largest absolute Gasteiger partial charge is 0.480 e. The number of likely N-dealkylation sites (N-methyl/N-ethyl adjacent to an activating group) is 1. The number of aryl methyl sites for hydroxylation is 1. The van der Waals surface area contributed by atoms with E-state index in [1.807, 2.05) is 6.92 Å². The maximum absolute atomic E-state index is 11.7. The van der Waals surface area contributed by atoms with Gasteiger partial charge in [-0.2, -0.15) is 4.98 Å². The van der Waals surface area contributed by atoms with Crippen LogP contribution >= 0.6 is 0 Å².